The molecule has 0 saturated carbocycles. The van der Waals surface area contributed by atoms with Gasteiger partial charge in [0.2, 0.25) is 5.24 Å². The van der Waals surface area contributed by atoms with Crippen LogP contribution in [0.3, 0.4) is 0 Å². The standard InChI is InChI=1S/C17H16Cl3NO4S/c1-3-25-15-7-5-4-6-14(15)21(11(2)17(20)22)26(23,24)16-10-12(18)8-9-13(16)19/h4-11H,3H2,1-2H3. The summed E-state index contributed by atoms with van der Waals surface area (Å²) in [5.74, 6) is 0.293. The Morgan fingerprint density at radius 1 is 1.19 bits per heavy atom. The number of hydrogen-bond donors (Lipinski definition) is 0. The maximum Gasteiger partial charge on any atom is 0.266 e. The quantitative estimate of drug-likeness (QED) is 0.588. The van der Waals surface area contributed by atoms with Crippen molar-refractivity contribution in [1.29, 1.82) is 0 Å². The summed E-state index contributed by atoms with van der Waals surface area (Å²) in [6, 6.07) is 9.32. The van der Waals surface area contributed by atoms with Crippen LogP contribution in [0, 0.1) is 0 Å². The molecule has 2 rings (SSSR count). The molecule has 0 aliphatic carbocycles. The number of para-hydroxylation sites is 2. The monoisotopic (exact) mass is 435 g/mol. The van der Waals surface area contributed by atoms with Gasteiger partial charge in [-0.1, -0.05) is 35.3 Å². The van der Waals surface area contributed by atoms with E-state index in [2.05, 4.69) is 0 Å². The van der Waals surface area contributed by atoms with Crippen molar-refractivity contribution in [3.8, 4) is 5.75 Å². The number of hydrogen-bond acceptors (Lipinski definition) is 4. The molecule has 0 aromatic heterocycles. The highest BCUT2D eigenvalue weighted by molar-refractivity contribution is 7.93. The van der Waals surface area contributed by atoms with Gasteiger partial charge in [-0.2, -0.15) is 0 Å². The van der Waals surface area contributed by atoms with E-state index in [1.165, 1.54) is 31.2 Å². The number of rotatable bonds is 7. The first-order valence-corrected chi connectivity index (χ1v) is 10.2. The average molecular weight is 437 g/mol. The Morgan fingerprint density at radius 2 is 1.85 bits per heavy atom. The summed E-state index contributed by atoms with van der Waals surface area (Å²) in [6.07, 6.45) is 0. The second-order valence-corrected chi connectivity index (χ2v) is 8.26. The summed E-state index contributed by atoms with van der Waals surface area (Å²) in [5, 5.41) is -0.684. The van der Waals surface area contributed by atoms with Gasteiger partial charge in [0.15, 0.2) is 0 Å². The smallest absolute Gasteiger partial charge is 0.266 e. The zero-order valence-corrected chi connectivity index (χ0v) is 17.0. The molecule has 0 N–H and O–H groups in total. The van der Waals surface area contributed by atoms with Crippen molar-refractivity contribution >= 4 is 55.8 Å². The Balaban J connectivity index is 2.74. The van der Waals surface area contributed by atoms with Crippen molar-refractivity contribution in [2.45, 2.75) is 24.8 Å². The molecular weight excluding hydrogens is 421 g/mol. The molecule has 0 heterocycles. The minimum atomic E-state index is -4.26. The van der Waals surface area contributed by atoms with Gasteiger partial charge in [-0.3, -0.25) is 9.10 Å². The highest BCUT2D eigenvalue weighted by Gasteiger charge is 2.35. The third-order valence-electron chi connectivity index (χ3n) is 3.51. The van der Waals surface area contributed by atoms with Gasteiger partial charge in [0.05, 0.1) is 17.3 Å². The molecule has 5 nitrogen and oxygen atoms in total. The molecule has 0 amide bonds. The lowest BCUT2D eigenvalue weighted by molar-refractivity contribution is -0.112. The van der Waals surface area contributed by atoms with Gasteiger partial charge < -0.3 is 4.74 Å². The Morgan fingerprint density at radius 3 is 2.46 bits per heavy atom. The number of sulfonamides is 1. The Kier molecular flexibility index (Phi) is 6.80. The van der Waals surface area contributed by atoms with Gasteiger partial charge in [0, 0.05) is 5.02 Å². The predicted molar refractivity (Wildman–Crippen MR) is 104 cm³/mol. The second-order valence-electron chi connectivity index (χ2n) is 5.26. The van der Waals surface area contributed by atoms with E-state index in [0.29, 0.717) is 12.4 Å². The van der Waals surface area contributed by atoms with Crippen LogP contribution in [0.25, 0.3) is 0 Å². The SMILES string of the molecule is CCOc1ccccc1N(C(C)C(=O)Cl)S(=O)(=O)c1cc(Cl)ccc1Cl. The Hall–Kier alpha value is -1.47. The fourth-order valence-corrected chi connectivity index (χ4v) is 4.86. The fraction of sp³-hybridized carbons (Fsp3) is 0.235. The highest BCUT2D eigenvalue weighted by atomic mass is 35.5. The first kappa shape index (κ1) is 20.8. The van der Waals surface area contributed by atoms with E-state index in [0.717, 1.165) is 4.31 Å². The van der Waals surface area contributed by atoms with Crippen LogP contribution in [-0.2, 0) is 14.8 Å². The minimum Gasteiger partial charge on any atom is -0.492 e. The predicted octanol–water partition coefficient (Wildman–Crippen LogP) is 4.74. The fourth-order valence-electron chi connectivity index (χ4n) is 2.34. The molecule has 0 bridgehead atoms. The number of benzene rings is 2. The molecule has 1 atom stereocenters. The van der Waals surface area contributed by atoms with E-state index in [-0.39, 0.29) is 20.6 Å². The van der Waals surface area contributed by atoms with Crippen LogP contribution in [0.1, 0.15) is 13.8 Å². The molecule has 2 aromatic rings. The third-order valence-corrected chi connectivity index (χ3v) is 6.43. The topological polar surface area (TPSA) is 63.7 Å². The van der Waals surface area contributed by atoms with Crippen molar-refractivity contribution in [2.24, 2.45) is 0 Å². The second kappa shape index (κ2) is 8.48. The summed E-state index contributed by atoms with van der Waals surface area (Å²) in [4.78, 5) is 11.6. The number of carbonyl (C=O) groups is 1. The van der Waals surface area contributed by atoms with Crippen LogP contribution in [0.5, 0.6) is 5.75 Å². The van der Waals surface area contributed by atoms with Crippen LogP contribution in [-0.4, -0.2) is 26.3 Å². The third kappa shape index (κ3) is 4.26. The summed E-state index contributed by atoms with van der Waals surface area (Å²) in [7, 11) is -4.26. The van der Waals surface area contributed by atoms with Crippen LogP contribution < -0.4 is 9.04 Å². The lowest BCUT2D eigenvalue weighted by Gasteiger charge is -2.30. The molecule has 1 unspecified atom stereocenters. The van der Waals surface area contributed by atoms with Gasteiger partial charge >= 0.3 is 0 Å². The summed E-state index contributed by atoms with van der Waals surface area (Å²) in [5.41, 5.74) is 0.173. The molecule has 9 heteroatoms. The maximum atomic E-state index is 13.3. The average Bonchev–Trinajstić information content (AvgIpc) is 2.58. The number of ether oxygens (including phenoxy) is 1. The van der Waals surface area contributed by atoms with E-state index in [4.69, 9.17) is 39.5 Å². The molecule has 0 spiro atoms. The van der Waals surface area contributed by atoms with Crippen molar-refractivity contribution in [3.05, 3.63) is 52.5 Å². The van der Waals surface area contributed by atoms with E-state index in [9.17, 15) is 13.2 Å². The number of anilines is 1. The van der Waals surface area contributed by atoms with Crippen LogP contribution >= 0.6 is 34.8 Å². The molecule has 0 aliphatic heterocycles. The lowest BCUT2D eigenvalue weighted by atomic mass is 10.2. The molecule has 0 aliphatic rings. The highest BCUT2D eigenvalue weighted by Crippen LogP contribution is 2.37. The molecule has 0 saturated heterocycles. The van der Waals surface area contributed by atoms with Crippen molar-refractivity contribution in [2.75, 3.05) is 10.9 Å². The van der Waals surface area contributed by atoms with Crippen LogP contribution in [0.15, 0.2) is 47.4 Å². The maximum absolute atomic E-state index is 13.3. The molecular formula is C17H16Cl3NO4S. The number of carbonyl (C=O) groups excluding carboxylic acids is 1. The van der Waals surface area contributed by atoms with E-state index >= 15 is 0 Å². The number of halogens is 3. The van der Waals surface area contributed by atoms with Crippen LogP contribution in [0.4, 0.5) is 5.69 Å². The van der Waals surface area contributed by atoms with Crippen molar-refractivity contribution < 1.29 is 17.9 Å². The molecule has 0 fully saturated rings. The molecule has 26 heavy (non-hydrogen) atoms. The molecule has 140 valence electrons. The first-order valence-electron chi connectivity index (χ1n) is 7.60. The van der Waals surface area contributed by atoms with Gasteiger partial charge in [-0.15, -0.1) is 0 Å². The number of nitrogens with zero attached hydrogens (tertiary/aromatic N) is 1. The van der Waals surface area contributed by atoms with Gasteiger partial charge in [-0.25, -0.2) is 8.42 Å². The van der Waals surface area contributed by atoms with E-state index < -0.39 is 21.3 Å². The minimum absolute atomic E-state index is 0.0255. The lowest BCUT2D eigenvalue weighted by Crippen LogP contribution is -2.42. The van der Waals surface area contributed by atoms with Crippen LogP contribution in [0.2, 0.25) is 10.0 Å². The van der Waals surface area contributed by atoms with E-state index in [1.807, 2.05) is 0 Å². The first-order chi connectivity index (χ1) is 12.2. The van der Waals surface area contributed by atoms with Gasteiger partial charge in [0.25, 0.3) is 10.0 Å². The largest absolute Gasteiger partial charge is 0.492 e. The van der Waals surface area contributed by atoms with Crippen molar-refractivity contribution in [3.63, 3.8) is 0 Å². The molecule has 0 radical (unpaired) electrons. The zero-order chi connectivity index (χ0) is 19.5. The van der Waals surface area contributed by atoms with Crippen molar-refractivity contribution in [1.82, 2.24) is 0 Å². The summed E-state index contributed by atoms with van der Waals surface area (Å²) in [6.45, 7) is 3.46. The van der Waals surface area contributed by atoms with Gasteiger partial charge in [0.1, 0.15) is 16.7 Å². The zero-order valence-electron chi connectivity index (χ0n) is 13.9. The Bertz CT molecular complexity index is 918. The van der Waals surface area contributed by atoms with E-state index in [1.54, 1.807) is 25.1 Å². The summed E-state index contributed by atoms with van der Waals surface area (Å²) < 4.78 is 33.1. The Labute approximate surface area is 167 Å². The normalized spacial score (nSPS) is 12.5. The summed E-state index contributed by atoms with van der Waals surface area (Å²) >= 11 is 17.6. The molecule has 2 aromatic carbocycles. The van der Waals surface area contributed by atoms with Gasteiger partial charge in [-0.05, 0) is 55.8 Å².